The zero-order chi connectivity index (χ0) is 23.5. The number of halogens is 1. The number of thiocarbonyl (C=S) groups is 1. The number of methoxy groups -OCH3 is 1. The molecule has 33 heavy (non-hydrogen) atoms. The number of aromatic nitrogens is 1. The molecule has 4 rings (SSSR count). The minimum atomic E-state index is -0.537. The summed E-state index contributed by atoms with van der Waals surface area (Å²) >= 11 is 4.92. The van der Waals surface area contributed by atoms with Gasteiger partial charge in [-0.1, -0.05) is 0 Å². The lowest BCUT2D eigenvalue weighted by Crippen LogP contribution is -2.49. The summed E-state index contributed by atoms with van der Waals surface area (Å²) in [7, 11) is 3.29. The van der Waals surface area contributed by atoms with E-state index >= 15 is 0 Å². The number of piperazine rings is 1. The van der Waals surface area contributed by atoms with Crippen LogP contribution in [0.15, 0.2) is 36.5 Å². The highest BCUT2D eigenvalue weighted by atomic mass is 32.1. The van der Waals surface area contributed by atoms with Crippen LogP contribution in [0.25, 0.3) is 0 Å². The first kappa shape index (κ1) is 22.8. The molecule has 1 atom stereocenters. The number of carbonyl (C=O) groups is 2. The van der Waals surface area contributed by atoms with Crippen molar-refractivity contribution in [1.82, 2.24) is 14.8 Å². The second-order valence-electron chi connectivity index (χ2n) is 7.91. The van der Waals surface area contributed by atoms with Crippen molar-refractivity contribution in [2.24, 2.45) is 7.05 Å². The summed E-state index contributed by atoms with van der Waals surface area (Å²) in [5.74, 6) is -0.453. The lowest BCUT2D eigenvalue weighted by molar-refractivity contribution is 0.0737. The third-order valence-corrected chi connectivity index (χ3v) is 6.16. The molecule has 2 amide bonds. The lowest BCUT2D eigenvalue weighted by Gasteiger charge is -2.36. The first-order valence-electron chi connectivity index (χ1n) is 10.6. The molecular formula is C22H26FN5O4S. The summed E-state index contributed by atoms with van der Waals surface area (Å²) in [4.78, 5) is 30.0. The van der Waals surface area contributed by atoms with Gasteiger partial charge in [0, 0.05) is 39.4 Å². The second kappa shape index (κ2) is 9.65. The van der Waals surface area contributed by atoms with Gasteiger partial charge < -0.3 is 29.2 Å². The largest absolute Gasteiger partial charge is 0.474 e. The highest BCUT2D eigenvalue weighted by Crippen LogP contribution is 2.28. The topological polar surface area (TPSA) is 79.3 Å². The van der Waals surface area contributed by atoms with Crippen molar-refractivity contribution in [1.29, 1.82) is 0 Å². The van der Waals surface area contributed by atoms with Crippen LogP contribution in [-0.2, 0) is 16.5 Å². The van der Waals surface area contributed by atoms with Crippen LogP contribution in [0, 0.1) is 5.82 Å². The van der Waals surface area contributed by atoms with E-state index in [9.17, 15) is 14.0 Å². The van der Waals surface area contributed by atoms with Crippen molar-refractivity contribution in [2.75, 3.05) is 56.2 Å². The van der Waals surface area contributed by atoms with E-state index in [1.165, 1.54) is 18.1 Å². The molecule has 2 aliphatic rings. The van der Waals surface area contributed by atoms with Crippen molar-refractivity contribution < 1.29 is 23.5 Å². The van der Waals surface area contributed by atoms with Crippen LogP contribution < -0.4 is 15.1 Å². The Morgan fingerprint density at radius 3 is 2.67 bits per heavy atom. The van der Waals surface area contributed by atoms with Gasteiger partial charge in [0.2, 0.25) is 0 Å². The average molecular weight is 476 g/mol. The smallest absolute Gasteiger partial charge is 0.414 e. The quantitative estimate of drug-likeness (QED) is 0.663. The standard InChI is InChI=1S/C22H26FN5O4S/c1-25-7-3-4-19(25)20(29)27-10-8-26(9-11-27)18-6-5-15(12-17(18)23)28-14-16(32-22(28)30)13-24-21(33)31-2/h3-7,12,16H,8-11,13-14H2,1-2H3,(H,24,33). The molecule has 1 N–H and O–H groups in total. The van der Waals surface area contributed by atoms with Crippen molar-refractivity contribution >= 4 is 40.8 Å². The fourth-order valence-electron chi connectivity index (χ4n) is 4.02. The number of carbonyl (C=O) groups excluding carboxylic acids is 2. The Morgan fingerprint density at radius 1 is 1.27 bits per heavy atom. The Bertz CT molecular complexity index is 1050. The zero-order valence-corrected chi connectivity index (χ0v) is 19.3. The fraction of sp³-hybridized carbons (Fsp3) is 0.409. The van der Waals surface area contributed by atoms with Crippen LogP contribution in [0.4, 0.5) is 20.6 Å². The summed E-state index contributed by atoms with van der Waals surface area (Å²) in [5.41, 5.74) is 1.51. The normalized spacial score (nSPS) is 18.3. The molecule has 2 fully saturated rings. The monoisotopic (exact) mass is 475 g/mol. The van der Waals surface area contributed by atoms with Gasteiger partial charge in [-0.2, -0.15) is 0 Å². The number of nitrogens with one attached hydrogen (secondary N) is 1. The summed E-state index contributed by atoms with van der Waals surface area (Å²) in [5, 5.41) is 3.06. The summed E-state index contributed by atoms with van der Waals surface area (Å²) < 4.78 is 27.0. The van der Waals surface area contributed by atoms with Crippen molar-refractivity contribution in [3.8, 4) is 0 Å². The van der Waals surface area contributed by atoms with Crippen LogP contribution in [0.2, 0.25) is 0 Å². The van der Waals surface area contributed by atoms with Crippen molar-refractivity contribution in [3.63, 3.8) is 0 Å². The number of anilines is 2. The molecular weight excluding hydrogens is 449 g/mol. The van der Waals surface area contributed by atoms with E-state index in [0.717, 1.165) is 0 Å². The van der Waals surface area contributed by atoms with Gasteiger partial charge in [-0.05, 0) is 42.5 Å². The molecule has 1 unspecified atom stereocenters. The molecule has 0 spiro atoms. The maximum absolute atomic E-state index is 15.0. The first-order valence-corrected chi connectivity index (χ1v) is 11.0. The molecule has 176 valence electrons. The van der Waals surface area contributed by atoms with E-state index in [2.05, 4.69) is 5.32 Å². The molecule has 2 aliphatic heterocycles. The maximum Gasteiger partial charge on any atom is 0.414 e. The molecule has 0 aliphatic carbocycles. The Morgan fingerprint density at radius 2 is 2.03 bits per heavy atom. The van der Waals surface area contributed by atoms with Gasteiger partial charge >= 0.3 is 6.09 Å². The third-order valence-electron chi connectivity index (χ3n) is 5.85. The molecule has 0 radical (unpaired) electrons. The molecule has 3 heterocycles. The van der Waals surface area contributed by atoms with Gasteiger partial charge in [-0.15, -0.1) is 0 Å². The molecule has 0 saturated carbocycles. The van der Waals surface area contributed by atoms with E-state index < -0.39 is 18.0 Å². The highest BCUT2D eigenvalue weighted by molar-refractivity contribution is 7.80. The van der Waals surface area contributed by atoms with Crippen LogP contribution >= 0.6 is 12.2 Å². The number of amides is 2. The van der Waals surface area contributed by atoms with Crippen LogP contribution in [0.1, 0.15) is 10.5 Å². The number of hydrogen-bond donors (Lipinski definition) is 1. The van der Waals surface area contributed by atoms with Gasteiger partial charge in [0.1, 0.15) is 17.6 Å². The van der Waals surface area contributed by atoms with Crippen LogP contribution in [0.3, 0.4) is 0 Å². The fourth-order valence-corrected chi connectivity index (χ4v) is 4.11. The highest BCUT2D eigenvalue weighted by Gasteiger charge is 2.33. The third kappa shape index (κ3) is 4.87. The molecule has 1 aromatic carbocycles. The predicted molar refractivity (Wildman–Crippen MR) is 125 cm³/mol. The van der Waals surface area contributed by atoms with Gasteiger partial charge in [0.05, 0.1) is 31.6 Å². The van der Waals surface area contributed by atoms with E-state index in [-0.39, 0.29) is 17.6 Å². The van der Waals surface area contributed by atoms with Gasteiger partial charge in [-0.25, -0.2) is 9.18 Å². The predicted octanol–water partition coefficient (Wildman–Crippen LogP) is 1.97. The molecule has 9 nitrogen and oxygen atoms in total. The molecule has 2 aromatic rings. The Kier molecular flexibility index (Phi) is 6.68. The molecule has 2 saturated heterocycles. The van der Waals surface area contributed by atoms with Gasteiger partial charge in [-0.3, -0.25) is 9.69 Å². The Labute approximate surface area is 196 Å². The SMILES string of the molecule is COC(=S)NCC1CN(c2ccc(N3CCN(C(=O)c4cccn4C)CC3)c(F)c2)C(=O)O1. The molecule has 1 aromatic heterocycles. The number of ether oxygens (including phenoxy) is 2. The summed E-state index contributed by atoms with van der Waals surface area (Å²) in [6, 6.07) is 8.34. The Balaban J connectivity index is 1.36. The molecule has 0 bridgehead atoms. The minimum Gasteiger partial charge on any atom is -0.474 e. The van der Waals surface area contributed by atoms with E-state index in [4.69, 9.17) is 21.7 Å². The van der Waals surface area contributed by atoms with Crippen LogP contribution in [-0.4, -0.2) is 79.1 Å². The Hall–Kier alpha value is -3.34. The zero-order valence-electron chi connectivity index (χ0n) is 18.5. The minimum absolute atomic E-state index is 0.0270. The van der Waals surface area contributed by atoms with Crippen LogP contribution in [0.5, 0.6) is 0 Å². The van der Waals surface area contributed by atoms with Crippen molar-refractivity contribution in [3.05, 3.63) is 48.0 Å². The number of cyclic esters (lactones) is 1. The number of aryl methyl sites for hydroxylation is 1. The number of hydrogen-bond acceptors (Lipinski definition) is 6. The lowest BCUT2D eigenvalue weighted by atomic mass is 10.2. The maximum atomic E-state index is 15.0. The van der Waals surface area contributed by atoms with Gasteiger partial charge in [0.25, 0.3) is 11.1 Å². The molecule has 11 heteroatoms. The van der Waals surface area contributed by atoms with Gasteiger partial charge in [0.15, 0.2) is 0 Å². The average Bonchev–Trinajstić information content (AvgIpc) is 3.42. The summed E-state index contributed by atoms with van der Waals surface area (Å²) in [6.45, 7) is 2.62. The second-order valence-corrected chi connectivity index (χ2v) is 8.28. The first-order chi connectivity index (χ1) is 15.9. The van der Waals surface area contributed by atoms with E-state index in [1.54, 1.807) is 27.7 Å². The summed E-state index contributed by atoms with van der Waals surface area (Å²) in [6.07, 6.45) is 0.872. The van der Waals surface area contributed by atoms with E-state index in [1.807, 2.05) is 24.2 Å². The number of rotatable bonds is 5. The number of benzene rings is 1. The van der Waals surface area contributed by atoms with Crippen molar-refractivity contribution in [2.45, 2.75) is 6.10 Å². The number of nitrogens with zero attached hydrogens (tertiary/aromatic N) is 4. The van der Waals surface area contributed by atoms with E-state index in [0.29, 0.717) is 49.8 Å².